The zero-order valence-electron chi connectivity index (χ0n) is 37.4. The lowest BCUT2D eigenvalue weighted by Crippen LogP contribution is -2.66. The molecule has 1 aromatic carbocycles. The molecule has 0 spiro atoms. The Kier molecular flexibility index (Phi) is 12.2. The van der Waals surface area contributed by atoms with E-state index in [9.17, 15) is 24.6 Å². The Morgan fingerprint density at radius 1 is 0.877 bits per heavy atom. The van der Waals surface area contributed by atoms with Crippen LogP contribution in [0.1, 0.15) is 132 Å². The fourth-order valence-electron chi connectivity index (χ4n) is 13.9. The fourth-order valence-corrected chi connectivity index (χ4v) is 13.9. The number of carbonyl (C=O) groups excluding carboxylic acids is 2. The third kappa shape index (κ3) is 7.60. The topological polar surface area (TPSA) is 107 Å². The van der Waals surface area contributed by atoms with Crippen LogP contribution in [0.2, 0.25) is 0 Å². The Labute approximate surface area is 344 Å². The zero-order chi connectivity index (χ0) is 41.9. The first-order valence-electron chi connectivity index (χ1n) is 22.3. The molecule has 8 heteroatoms. The number of hydrogen-bond donors (Lipinski definition) is 2. The number of aliphatic hydroxyl groups is 1. The molecule has 4 fully saturated rings. The maximum atomic E-state index is 14.3. The van der Waals surface area contributed by atoms with Gasteiger partial charge in [-0.25, -0.2) is 0 Å². The van der Waals surface area contributed by atoms with Crippen LogP contribution < -0.4 is 0 Å². The summed E-state index contributed by atoms with van der Waals surface area (Å²) in [5.74, 6) is 0.0937. The van der Waals surface area contributed by atoms with E-state index in [2.05, 4.69) is 103 Å². The van der Waals surface area contributed by atoms with Crippen LogP contribution in [0, 0.1) is 56.2 Å². The highest BCUT2D eigenvalue weighted by Gasteiger charge is 2.71. The summed E-state index contributed by atoms with van der Waals surface area (Å²) in [4.78, 5) is 43.9. The van der Waals surface area contributed by atoms with Gasteiger partial charge in [-0.15, -0.1) is 0 Å². The van der Waals surface area contributed by atoms with Crippen molar-refractivity contribution < 1.29 is 29.3 Å². The molecule has 5 aliphatic carbocycles. The van der Waals surface area contributed by atoms with Crippen molar-refractivity contribution in [2.75, 3.05) is 40.3 Å². The Morgan fingerprint density at radius 2 is 1.56 bits per heavy atom. The van der Waals surface area contributed by atoms with E-state index in [1.807, 2.05) is 0 Å². The van der Waals surface area contributed by atoms with Crippen LogP contribution >= 0.6 is 0 Å². The number of fused-ring (bicyclic) bond motifs is 7. The second-order valence-corrected chi connectivity index (χ2v) is 21.9. The van der Waals surface area contributed by atoms with E-state index in [-0.39, 0.29) is 51.8 Å². The number of aliphatic carboxylic acids is 1. The molecule has 0 bridgehead atoms. The zero-order valence-corrected chi connectivity index (χ0v) is 37.4. The summed E-state index contributed by atoms with van der Waals surface area (Å²) >= 11 is 0. The number of aliphatic hydroxyl groups excluding tert-OH is 1. The van der Waals surface area contributed by atoms with E-state index in [1.54, 1.807) is 13.8 Å². The number of benzene rings is 1. The molecule has 0 aliphatic heterocycles. The number of likely N-dealkylation sites (N-methyl/N-ethyl adjacent to an activating group) is 1. The number of esters is 1. The van der Waals surface area contributed by atoms with Crippen molar-refractivity contribution in [2.24, 2.45) is 56.2 Å². The molecule has 0 amide bonds. The highest BCUT2D eigenvalue weighted by atomic mass is 16.5. The first-order chi connectivity index (χ1) is 26.5. The third-order valence-electron chi connectivity index (χ3n) is 17.4. The maximum Gasteiger partial charge on any atom is 0.309 e. The van der Waals surface area contributed by atoms with Crippen molar-refractivity contribution in [2.45, 2.75) is 145 Å². The average Bonchev–Trinajstić information content (AvgIpc) is 3.44. The molecule has 0 radical (unpaired) electrons. The van der Waals surface area contributed by atoms with Gasteiger partial charge < -0.3 is 19.8 Å². The molecule has 0 aromatic heterocycles. The molecule has 9 atom stereocenters. The molecule has 6 rings (SSSR count). The summed E-state index contributed by atoms with van der Waals surface area (Å²) < 4.78 is 6.20. The molecular weight excluding hydrogens is 713 g/mol. The number of allylic oxidation sites excluding steroid dienone is 1. The Morgan fingerprint density at radius 3 is 2.19 bits per heavy atom. The van der Waals surface area contributed by atoms with E-state index in [0.29, 0.717) is 24.8 Å². The highest BCUT2D eigenvalue weighted by Crippen LogP contribution is 2.77. The van der Waals surface area contributed by atoms with Crippen LogP contribution in [0.15, 0.2) is 41.5 Å². The van der Waals surface area contributed by atoms with Crippen LogP contribution in [0.3, 0.4) is 0 Å². The summed E-state index contributed by atoms with van der Waals surface area (Å²) in [5.41, 5.74) is 1.82. The number of carbonyl (C=O) groups is 3. The molecule has 8 nitrogen and oxygen atoms in total. The van der Waals surface area contributed by atoms with Gasteiger partial charge in [0.2, 0.25) is 0 Å². The predicted octanol–water partition coefficient (Wildman–Crippen LogP) is 8.85. The van der Waals surface area contributed by atoms with Gasteiger partial charge in [-0.05, 0) is 137 Å². The molecule has 1 unspecified atom stereocenters. The third-order valence-corrected chi connectivity index (χ3v) is 17.4. The van der Waals surface area contributed by atoms with E-state index < -0.39 is 28.9 Å². The van der Waals surface area contributed by atoms with Crippen molar-refractivity contribution in [3.63, 3.8) is 0 Å². The molecular formula is C49H76N2O6. The van der Waals surface area contributed by atoms with Gasteiger partial charge in [0.05, 0.1) is 17.9 Å². The summed E-state index contributed by atoms with van der Waals surface area (Å²) in [6.45, 7) is 23.0. The van der Waals surface area contributed by atoms with Crippen molar-refractivity contribution in [3.05, 3.63) is 47.0 Å². The van der Waals surface area contributed by atoms with Crippen LogP contribution in [-0.4, -0.2) is 90.2 Å². The van der Waals surface area contributed by atoms with Gasteiger partial charge in [-0.3, -0.25) is 19.3 Å². The Bertz CT molecular complexity index is 1700. The fraction of sp³-hybridized carbons (Fsp3) is 0.776. The van der Waals surface area contributed by atoms with Gasteiger partial charge >= 0.3 is 11.9 Å². The van der Waals surface area contributed by atoms with Gasteiger partial charge in [0.1, 0.15) is 6.10 Å². The van der Waals surface area contributed by atoms with Crippen LogP contribution in [0.5, 0.6) is 0 Å². The van der Waals surface area contributed by atoms with Gasteiger partial charge in [0, 0.05) is 43.4 Å². The number of rotatable bonds is 14. The lowest BCUT2D eigenvalue weighted by molar-refractivity contribution is -0.235. The van der Waals surface area contributed by atoms with Gasteiger partial charge in [0.25, 0.3) is 0 Å². The SMILES string of the molecule is CC(C)C1=C2[C@H]3CC[C@@H]4[C@@]5(C)CC[C@H](OC(=O)CC(C)(C)C(=O)O)C(C)(C)[C@@H]5CC[C@@]4(C)[C@]3(C)CC[C@@]2(C(O)CN(CCc2ccccc2)CCN(C)C)CC1=O. The lowest BCUT2D eigenvalue weighted by Gasteiger charge is -2.72. The largest absolute Gasteiger partial charge is 0.481 e. The van der Waals surface area contributed by atoms with Gasteiger partial charge in [-0.1, -0.05) is 84.4 Å². The van der Waals surface area contributed by atoms with E-state index in [1.165, 1.54) is 11.1 Å². The Hall–Kier alpha value is -2.55. The molecule has 0 heterocycles. The standard InChI is InChI=1S/C49H76N2O6/c1-32(2)41-35(52)29-49(38(53)31-51(28-27-50(10)11)26-21-33-15-13-12-14-16-33)25-24-47(8)34(42(41)49)17-18-37-46(7)22-20-39(57-40(54)30-44(3,4)43(55)56)45(5,6)36(46)19-23-48(37,47)9/h12-16,32,34,36-39,53H,17-31H2,1-11H3,(H,55,56)/t34-,36+,37-,38?,39+,46+,47-,48-,49+/m1/s1. The minimum Gasteiger partial charge on any atom is -0.481 e. The lowest BCUT2D eigenvalue weighted by atomic mass is 9.33. The number of carboxylic acid groups (broad SMARTS) is 1. The molecule has 2 N–H and O–H groups in total. The molecule has 57 heavy (non-hydrogen) atoms. The molecule has 318 valence electrons. The summed E-state index contributed by atoms with van der Waals surface area (Å²) in [6, 6.07) is 10.6. The molecule has 5 aliphatic rings. The summed E-state index contributed by atoms with van der Waals surface area (Å²) in [6.07, 6.45) is 8.26. The average molecular weight is 789 g/mol. The van der Waals surface area contributed by atoms with Gasteiger partial charge in [-0.2, -0.15) is 0 Å². The number of Topliss-reactive ketones (excluding diaryl/α,β-unsaturated/α-hetero) is 1. The molecule has 4 saturated carbocycles. The number of carboxylic acids is 1. The smallest absolute Gasteiger partial charge is 0.309 e. The number of hydrogen-bond acceptors (Lipinski definition) is 7. The summed E-state index contributed by atoms with van der Waals surface area (Å²) in [7, 11) is 4.21. The quantitative estimate of drug-likeness (QED) is 0.180. The van der Waals surface area contributed by atoms with Crippen molar-refractivity contribution in [1.29, 1.82) is 0 Å². The second kappa shape index (κ2) is 15.8. The van der Waals surface area contributed by atoms with Crippen molar-refractivity contribution >= 4 is 17.7 Å². The van der Waals surface area contributed by atoms with Crippen LogP contribution in [0.25, 0.3) is 0 Å². The van der Waals surface area contributed by atoms with Crippen LogP contribution in [0.4, 0.5) is 0 Å². The minimum absolute atomic E-state index is 0.0129. The number of nitrogens with zero attached hydrogens (tertiary/aromatic N) is 2. The number of ketones is 1. The predicted molar refractivity (Wildman–Crippen MR) is 226 cm³/mol. The second-order valence-electron chi connectivity index (χ2n) is 21.9. The van der Waals surface area contributed by atoms with Crippen molar-refractivity contribution in [1.82, 2.24) is 9.80 Å². The van der Waals surface area contributed by atoms with Gasteiger partial charge in [0.15, 0.2) is 5.78 Å². The Balaban J connectivity index is 1.27. The monoisotopic (exact) mass is 789 g/mol. The maximum absolute atomic E-state index is 14.3. The van der Waals surface area contributed by atoms with E-state index in [4.69, 9.17) is 4.74 Å². The summed E-state index contributed by atoms with van der Waals surface area (Å²) in [5, 5.41) is 22.3. The highest BCUT2D eigenvalue weighted by molar-refractivity contribution is 6.00. The minimum atomic E-state index is -1.17. The van der Waals surface area contributed by atoms with E-state index in [0.717, 1.165) is 83.0 Å². The van der Waals surface area contributed by atoms with E-state index >= 15 is 0 Å². The molecule has 1 aromatic rings. The number of ether oxygens (including phenoxy) is 1. The molecule has 0 saturated heterocycles. The van der Waals surface area contributed by atoms with Crippen LogP contribution in [-0.2, 0) is 25.5 Å². The normalized spacial score (nSPS) is 35.5. The van der Waals surface area contributed by atoms with Crippen molar-refractivity contribution in [3.8, 4) is 0 Å². The first kappa shape index (κ1) is 44.0. The first-order valence-corrected chi connectivity index (χ1v) is 22.3.